The average Bonchev–Trinajstić information content (AvgIpc) is 2.12. The molecule has 3 N–H and O–H groups in total. The number of hydrogen-bond acceptors (Lipinski definition) is 3. The molecule has 0 aromatic heterocycles. The molecule has 0 saturated carbocycles. The number of nitrogens with zero attached hydrogens (tertiary/aromatic N) is 1. The third-order valence-electron chi connectivity index (χ3n) is 2.28. The van der Waals surface area contributed by atoms with Crippen LogP contribution in [-0.2, 0) is 0 Å². The number of likely N-dealkylation sites (N-methyl/N-ethyl adjacent to an activating group) is 1. The molecule has 0 bridgehead atoms. The molecule has 0 aliphatic carbocycles. The zero-order chi connectivity index (χ0) is 10.3. The Morgan fingerprint density at radius 1 is 1.38 bits per heavy atom. The summed E-state index contributed by atoms with van der Waals surface area (Å²) in [6.45, 7) is 9.13. The lowest BCUT2D eigenvalue weighted by Crippen LogP contribution is -2.46. The number of unbranched alkanes of at least 4 members (excludes halogenated alkanes) is 1. The first-order valence-electron chi connectivity index (χ1n) is 5.20. The summed E-state index contributed by atoms with van der Waals surface area (Å²) in [5, 5.41) is 9.76. The van der Waals surface area contributed by atoms with Gasteiger partial charge in [-0.05, 0) is 26.4 Å². The number of nitrogens with two attached hydrogens (primary N) is 1. The summed E-state index contributed by atoms with van der Waals surface area (Å²) in [6, 6.07) is 0. The summed E-state index contributed by atoms with van der Waals surface area (Å²) in [5.74, 6) is 0. The standard InChI is InChI=1S/C10H24N2O/c1-4-6-7-12(5-2)9-10(3,13)8-11/h13H,4-9,11H2,1-3H3. The Labute approximate surface area is 81.9 Å². The maximum absolute atomic E-state index is 9.76. The van der Waals surface area contributed by atoms with Gasteiger partial charge in [0.2, 0.25) is 0 Å². The highest BCUT2D eigenvalue weighted by Gasteiger charge is 2.20. The molecule has 0 aliphatic heterocycles. The zero-order valence-electron chi connectivity index (χ0n) is 9.21. The van der Waals surface area contributed by atoms with E-state index in [9.17, 15) is 5.11 Å². The minimum atomic E-state index is -0.732. The largest absolute Gasteiger partial charge is 0.388 e. The first-order valence-corrected chi connectivity index (χ1v) is 5.20. The molecule has 0 aliphatic rings. The van der Waals surface area contributed by atoms with E-state index < -0.39 is 5.60 Å². The van der Waals surface area contributed by atoms with Crippen LogP contribution in [0, 0.1) is 0 Å². The molecule has 1 unspecified atom stereocenters. The summed E-state index contributed by atoms with van der Waals surface area (Å²) in [6.07, 6.45) is 2.38. The molecule has 80 valence electrons. The predicted molar refractivity (Wildman–Crippen MR) is 56.7 cm³/mol. The molecule has 0 fully saturated rings. The van der Waals surface area contributed by atoms with Crippen molar-refractivity contribution in [2.24, 2.45) is 5.73 Å². The average molecular weight is 188 g/mol. The van der Waals surface area contributed by atoms with Crippen LogP contribution in [0.1, 0.15) is 33.6 Å². The topological polar surface area (TPSA) is 49.5 Å². The second-order valence-corrected chi connectivity index (χ2v) is 3.92. The van der Waals surface area contributed by atoms with E-state index in [1.54, 1.807) is 6.92 Å². The molecule has 0 aromatic carbocycles. The Kier molecular flexibility index (Phi) is 6.29. The van der Waals surface area contributed by atoms with Crippen molar-refractivity contribution >= 4 is 0 Å². The fourth-order valence-corrected chi connectivity index (χ4v) is 1.28. The third kappa shape index (κ3) is 6.02. The lowest BCUT2D eigenvalue weighted by Gasteiger charge is -2.29. The van der Waals surface area contributed by atoms with E-state index in [2.05, 4.69) is 18.7 Å². The quantitative estimate of drug-likeness (QED) is 0.622. The van der Waals surface area contributed by atoms with Crippen LogP contribution in [0.5, 0.6) is 0 Å². The summed E-state index contributed by atoms with van der Waals surface area (Å²) >= 11 is 0. The van der Waals surface area contributed by atoms with Gasteiger partial charge in [0.25, 0.3) is 0 Å². The van der Waals surface area contributed by atoms with E-state index in [1.807, 2.05) is 0 Å². The lowest BCUT2D eigenvalue weighted by molar-refractivity contribution is 0.0285. The van der Waals surface area contributed by atoms with Gasteiger partial charge in [0.1, 0.15) is 0 Å². The summed E-state index contributed by atoms with van der Waals surface area (Å²) in [4.78, 5) is 2.25. The molecule has 0 spiro atoms. The van der Waals surface area contributed by atoms with E-state index in [0.29, 0.717) is 13.1 Å². The summed E-state index contributed by atoms with van der Waals surface area (Å²) in [7, 11) is 0. The molecular weight excluding hydrogens is 164 g/mol. The third-order valence-corrected chi connectivity index (χ3v) is 2.28. The number of rotatable bonds is 7. The van der Waals surface area contributed by atoms with Crippen molar-refractivity contribution in [3.63, 3.8) is 0 Å². The van der Waals surface area contributed by atoms with Gasteiger partial charge in [-0.2, -0.15) is 0 Å². The van der Waals surface area contributed by atoms with Crippen LogP contribution >= 0.6 is 0 Å². The second-order valence-electron chi connectivity index (χ2n) is 3.92. The number of hydrogen-bond donors (Lipinski definition) is 2. The molecule has 0 saturated heterocycles. The van der Waals surface area contributed by atoms with Gasteiger partial charge >= 0.3 is 0 Å². The van der Waals surface area contributed by atoms with Gasteiger partial charge in [0.15, 0.2) is 0 Å². The minimum absolute atomic E-state index is 0.329. The Balaban J connectivity index is 3.82. The lowest BCUT2D eigenvalue weighted by atomic mass is 10.1. The van der Waals surface area contributed by atoms with Crippen molar-refractivity contribution in [1.82, 2.24) is 4.90 Å². The number of aliphatic hydroxyl groups is 1. The fraction of sp³-hybridized carbons (Fsp3) is 1.00. The monoisotopic (exact) mass is 188 g/mol. The van der Waals surface area contributed by atoms with E-state index in [4.69, 9.17) is 5.73 Å². The Hall–Kier alpha value is -0.120. The van der Waals surface area contributed by atoms with Gasteiger partial charge in [-0.3, -0.25) is 0 Å². The normalized spacial score (nSPS) is 16.2. The van der Waals surface area contributed by atoms with Crippen LogP contribution in [0.4, 0.5) is 0 Å². The van der Waals surface area contributed by atoms with Crippen molar-refractivity contribution in [2.75, 3.05) is 26.2 Å². The zero-order valence-corrected chi connectivity index (χ0v) is 9.21. The molecule has 0 aromatic rings. The molecule has 3 nitrogen and oxygen atoms in total. The van der Waals surface area contributed by atoms with Gasteiger partial charge in [0.05, 0.1) is 5.60 Å². The van der Waals surface area contributed by atoms with E-state index in [0.717, 1.165) is 13.1 Å². The van der Waals surface area contributed by atoms with Crippen molar-refractivity contribution in [2.45, 2.75) is 39.2 Å². The van der Waals surface area contributed by atoms with Crippen molar-refractivity contribution in [3.8, 4) is 0 Å². The highest BCUT2D eigenvalue weighted by atomic mass is 16.3. The predicted octanol–water partition coefficient (Wildman–Crippen LogP) is 0.818. The van der Waals surface area contributed by atoms with Crippen LogP contribution in [0.25, 0.3) is 0 Å². The SMILES string of the molecule is CCCCN(CC)CC(C)(O)CN. The van der Waals surface area contributed by atoms with Crippen molar-refractivity contribution in [1.29, 1.82) is 0 Å². The Morgan fingerprint density at radius 3 is 2.38 bits per heavy atom. The van der Waals surface area contributed by atoms with E-state index in [-0.39, 0.29) is 0 Å². The first kappa shape index (κ1) is 12.9. The van der Waals surface area contributed by atoms with Crippen LogP contribution < -0.4 is 5.73 Å². The fourth-order valence-electron chi connectivity index (χ4n) is 1.28. The van der Waals surface area contributed by atoms with Gasteiger partial charge in [-0.25, -0.2) is 0 Å². The van der Waals surface area contributed by atoms with Crippen molar-refractivity contribution < 1.29 is 5.11 Å². The molecule has 1 atom stereocenters. The molecule has 13 heavy (non-hydrogen) atoms. The van der Waals surface area contributed by atoms with Gasteiger partial charge in [-0.1, -0.05) is 20.3 Å². The van der Waals surface area contributed by atoms with Crippen LogP contribution in [0.3, 0.4) is 0 Å². The van der Waals surface area contributed by atoms with Crippen molar-refractivity contribution in [3.05, 3.63) is 0 Å². The highest BCUT2D eigenvalue weighted by molar-refractivity contribution is 4.77. The Morgan fingerprint density at radius 2 is 2.00 bits per heavy atom. The smallest absolute Gasteiger partial charge is 0.0867 e. The van der Waals surface area contributed by atoms with Gasteiger partial charge < -0.3 is 15.7 Å². The second kappa shape index (κ2) is 6.35. The molecule has 0 radical (unpaired) electrons. The van der Waals surface area contributed by atoms with E-state index >= 15 is 0 Å². The molecular formula is C10H24N2O. The molecule has 0 rings (SSSR count). The summed E-state index contributed by atoms with van der Waals surface area (Å²) in [5.41, 5.74) is 4.73. The molecule has 0 heterocycles. The van der Waals surface area contributed by atoms with Gasteiger partial charge in [0, 0.05) is 13.1 Å². The molecule has 3 heteroatoms. The molecule has 0 amide bonds. The van der Waals surface area contributed by atoms with Gasteiger partial charge in [-0.15, -0.1) is 0 Å². The Bertz CT molecular complexity index is 126. The maximum Gasteiger partial charge on any atom is 0.0867 e. The minimum Gasteiger partial charge on any atom is -0.388 e. The van der Waals surface area contributed by atoms with Crippen LogP contribution in [-0.4, -0.2) is 41.8 Å². The summed E-state index contributed by atoms with van der Waals surface area (Å²) < 4.78 is 0. The highest BCUT2D eigenvalue weighted by Crippen LogP contribution is 2.05. The maximum atomic E-state index is 9.76. The van der Waals surface area contributed by atoms with E-state index in [1.165, 1.54) is 12.8 Å². The van der Waals surface area contributed by atoms with Crippen LogP contribution in [0.15, 0.2) is 0 Å². The van der Waals surface area contributed by atoms with Crippen LogP contribution in [0.2, 0.25) is 0 Å². The first-order chi connectivity index (χ1) is 6.05.